The minimum Gasteiger partial charge on any atom is -0.298 e. The van der Waals surface area contributed by atoms with Gasteiger partial charge in [0.2, 0.25) is 0 Å². The predicted octanol–water partition coefficient (Wildman–Crippen LogP) is 1.96. The Balaban J connectivity index is 1.99. The van der Waals surface area contributed by atoms with Gasteiger partial charge in [-0.2, -0.15) is 0 Å². The van der Waals surface area contributed by atoms with Gasteiger partial charge in [0.15, 0.2) is 11.3 Å². The van der Waals surface area contributed by atoms with Gasteiger partial charge in [0.25, 0.3) is 5.91 Å². The summed E-state index contributed by atoms with van der Waals surface area (Å²) < 4.78 is 0.964. The first-order chi connectivity index (χ1) is 11.7. The van der Waals surface area contributed by atoms with Crippen LogP contribution in [0.15, 0.2) is 63.1 Å². The van der Waals surface area contributed by atoms with Crippen LogP contribution in [0.2, 0.25) is 0 Å². The van der Waals surface area contributed by atoms with E-state index in [-0.39, 0.29) is 12.1 Å². The average Bonchev–Trinajstić information content (AvgIpc) is 2.60. The minimum atomic E-state index is -0.374. The molecule has 0 aliphatic carbocycles. The number of benzene rings is 2. The van der Waals surface area contributed by atoms with Gasteiger partial charge in [-0.1, -0.05) is 58.0 Å². The quantitative estimate of drug-likeness (QED) is 0.795. The molecule has 2 heterocycles. The first-order valence-electron chi connectivity index (χ1n) is 7.33. The van der Waals surface area contributed by atoms with Crippen LogP contribution in [0, 0.1) is 0 Å². The zero-order valence-electron chi connectivity index (χ0n) is 12.7. The van der Waals surface area contributed by atoms with E-state index in [1.54, 1.807) is 5.01 Å². The summed E-state index contributed by atoms with van der Waals surface area (Å²) in [6.45, 7) is 0. The number of carbonyl (C=O) groups excluding carboxylic acids is 1. The highest BCUT2D eigenvalue weighted by molar-refractivity contribution is 9.10. The highest BCUT2D eigenvalue weighted by atomic mass is 79.9. The number of fused-ring (bicyclic) bond motifs is 2. The second kappa shape index (κ2) is 6.07. The molecule has 4 rings (SSSR count). The SMILES string of the molecule is CSC1=NN2C(=c3ccccc3=N[C@@H]2c2cccc(Br)c2)C(=O)N1. The smallest absolute Gasteiger partial charge is 0.276 e. The van der Waals surface area contributed by atoms with E-state index in [2.05, 4.69) is 26.3 Å². The summed E-state index contributed by atoms with van der Waals surface area (Å²) in [5.74, 6) is -0.156. The number of thioether (sulfide) groups is 1. The summed E-state index contributed by atoms with van der Waals surface area (Å²) in [4.78, 5) is 17.5. The fourth-order valence-corrected chi connectivity index (χ4v) is 3.58. The number of amidine groups is 1. The molecule has 0 aromatic heterocycles. The second-order valence-corrected chi connectivity index (χ2v) is 7.04. The molecular weight excluding hydrogens is 388 g/mol. The number of carbonyl (C=O) groups is 1. The number of rotatable bonds is 1. The number of para-hydroxylation sites is 1. The van der Waals surface area contributed by atoms with Crippen molar-refractivity contribution in [3.8, 4) is 0 Å². The van der Waals surface area contributed by atoms with Crippen molar-refractivity contribution < 1.29 is 4.79 Å². The van der Waals surface area contributed by atoms with Gasteiger partial charge in [-0.3, -0.25) is 15.1 Å². The monoisotopic (exact) mass is 400 g/mol. The molecule has 0 radical (unpaired) electrons. The Kier molecular flexibility index (Phi) is 3.90. The lowest BCUT2D eigenvalue weighted by molar-refractivity contribution is -0.116. The maximum absolute atomic E-state index is 12.7. The van der Waals surface area contributed by atoms with Gasteiger partial charge in [0, 0.05) is 9.69 Å². The van der Waals surface area contributed by atoms with E-state index in [0.29, 0.717) is 10.9 Å². The zero-order chi connectivity index (χ0) is 16.7. The van der Waals surface area contributed by atoms with E-state index in [4.69, 9.17) is 4.99 Å². The van der Waals surface area contributed by atoms with E-state index >= 15 is 0 Å². The first-order valence-corrected chi connectivity index (χ1v) is 9.35. The molecule has 120 valence electrons. The highest BCUT2D eigenvalue weighted by Gasteiger charge is 2.34. The summed E-state index contributed by atoms with van der Waals surface area (Å²) in [5.41, 5.74) is 1.50. The standard InChI is InChI=1S/C17H13BrN4OS/c1-24-17-20-16(23)14-12-7-2-3-8-13(12)19-15(22(14)21-17)10-5-4-6-11(18)9-10/h2-9,15H,1H3,(H,20,21,23)/t15-/m0/s1. The van der Waals surface area contributed by atoms with Crippen molar-refractivity contribution in [2.45, 2.75) is 6.17 Å². The van der Waals surface area contributed by atoms with Gasteiger partial charge in [0.1, 0.15) is 5.70 Å². The number of amides is 1. The Labute approximate surface area is 151 Å². The molecule has 1 amide bonds. The largest absolute Gasteiger partial charge is 0.298 e. The third kappa shape index (κ3) is 2.53. The molecule has 0 saturated carbocycles. The van der Waals surface area contributed by atoms with Crippen LogP contribution in [0.3, 0.4) is 0 Å². The summed E-state index contributed by atoms with van der Waals surface area (Å²) in [6.07, 6.45) is 1.51. The summed E-state index contributed by atoms with van der Waals surface area (Å²) in [5, 5.41) is 11.3. The summed E-state index contributed by atoms with van der Waals surface area (Å²) in [6, 6.07) is 15.6. The lowest BCUT2D eigenvalue weighted by Gasteiger charge is -2.33. The molecule has 0 unspecified atom stereocenters. The minimum absolute atomic E-state index is 0.156. The molecule has 1 N–H and O–H groups in total. The normalized spacial score (nSPS) is 19.0. The van der Waals surface area contributed by atoms with E-state index in [0.717, 1.165) is 20.6 Å². The Bertz CT molecular complexity index is 988. The Morgan fingerprint density at radius 2 is 2.04 bits per heavy atom. The Morgan fingerprint density at radius 3 is 2.83 bits per heavy atom. The average molecular weight is 401 g/mol. The van der Waals surface area contributed by atoms with Crippen molar-refractivity contribution in [1.82, 2.24) is 10.3 Å². The molecule has 0 bridgehead atoms. The maximum atomic E-state index is 12.7. The Hall–Kier alpha value is -2.12. The fourth-order valence-electron chi connectivity index (χ4n) is 2.80. The van der Waals surface area contributed by atoms with Crippen molar-refractivity contribution in [1.29, 1.82) is 0 Å². The molecule has 2 aromatic rings. The van der Waals surface area contributed by atoms with E-state index in [9.17, 15) is 4.79 Å². The van der Waals surface area contributed by atoms with Gasteiger partial charge < -0.3 is 0 Å². The lowest BCUT2D eigenvalue weighted by Crippen LogP contribution is -2.50. The topological polar surface area (TPSA) is 57.1 Å². The molecular formula is C17H13BrN4OS. The van der Waals surface area contributed by atoms with Crippen molar-refractivity contribution >= 4 is 44.5 Å². The molecule has 24 heavy (non-hydrogen) atoms. The molecule has 0 fully saturated rings. The van der Waals surface area contributed by atoms with Gasteiger partial charge in [-0.05, 0) is 30.0 Å². The molecule has 2 aromatic carbocycles. The third-order valence-electron chi connectivity index (χ3n) is 3.86. The number of nitrogens with one attached hydrogen (secondary N) is 1. The van der Waals surface area contributed by atoms with Crippen LogP contribution in [-0.2, 0) is 4.79 Å². The van der Waals surface area contributed by atoms with E-state index < -0.39 is 0 Å². The maximum Gasteiger partial charge on any atom is 0.276 e. The van der Waals surface area contributed by atoms with Crippen LogP contribution >= 0.6 is 27.7 Å². The predicted molar refractivity (Wildman–Crippen MR) is 98.4 cm³/mol. The number of hydrogen-bond donors (Lipinski definition) is 1. The van der Waals surface area contributed by atoms with E-state index in [1.807, 2.05) is 54.8 Å². The highest BCUT2D eigenvalue weighted by Crippen LogP contribution is 2.31. The summed E-state index contributed by atoms with van der Waals surface area (Å²) >= 11 is 4.90. The van der Waals surface area contributed by atoms with Crippen LogP contribution in [0.5, 0.6) is 0 Å². The number of hydrazone groups is 1. The van der Waals surface area contributed by atoms with E-state index in [1.165, 1.54) is 11.8 Å². The molecule has 0 saturated heterocycles. The van der Waals surface area contributed by atoms with Crippen molar-refractivity contribution in [3.63, 3.8) is 0 Å². The molecule has 7 heteroatoms. The van der Waals surface area contributed by atoms with Crippen LogP contribution in [0.25, 0.3) is 5.70 Å². The van der Waals surface area contributed by atoms with Gasteiger partial charge in [0.05, 0.1) is 5.36 Å². The second-order valence-electron chi connectivity index (χ2n) is 5.33. The number of halogens is 1. The summed E-state index contributed by atoms with van der Waals surface area (Å²) in [7, 11) is 0. The van der Waals surface area contributed by atoms with Crippen molar-refractivity contribution in [2.24, 2.45) is 10.1 Å². The van der Waals surface area contributed by atoms with Crippen LogP contribution < -0.4 is 15.9 Å². The molecule has 2 aliphatic rings. The molecule has 1 atom stereocenters. The molecule has 2 aliphatic heterocycles. The van der Waals surface area contributed by atoms with Crippen LogP contribution in [0.4, 0.5) is 0 Å². The van der Waals surface area contributed by atoms with Gasteiger partial charge >= 0.3 is 0 Å². The van der Waals surface area contributed by atoms with Crippen LogP contribution in [-0.4, -0.2) is 22.3 Å². The van der Waals surface area contributed by atoms with Crippen molar-refractivity contribution in [2.75, 3.05) is 6.26 Å². The van der Waals surface area contributed by atoms with Crippen molar-refractivity contribution in [3.05, 3.63) is 69.1 Å². The Morgan fingerprint density at radius 1 is 1.21 bits per heavy atom. The lowest BCUT2D eigenvalue weighted by atomic mass is 10.1. The first kappa shape index (κ1) is 15.4. The third-order valence-corrected chi connectivity index (χ3v) is 4.92. The zero-order valence-corrected chi connectivity index (χ0v) is 15.1. The fraction of sp³-hybridized carbons (Fsp3) is 0.118. The van der Waals surface area contributed by atoms with Crippen LogP contribution in [0.1, 0.15) is 11.7 Å². The number of hydrogen-bond acceptors (Lipinski definition) is 5. The number of nitrogens with zero attached hydrogens (tertiary/aromatic N) is 3. The van der Waals surface area contributed by atoms with Gasteiger partial charge in [-0.15, -0.1) is 5.10 Å². The van der Waals surface area contributed by atoms with Gasteiger partial charge in [-0.25, -0.2) is 5.01 Å². The molecule has 0 spiro atoms. The molecule has 5 nitrogen and oxygen atoms in total.